The molecule has 0 fully saturated rings. The molecule has 0 aliphatic heterocycles. The molecule has 0 unspecified atom stereocenters. The molecule has 2 rings (SSSR count). The molecule has 2 aromatic rings. The van der Waals surface area contributed by atoms with Crippen LogP contribution in [0.25, 0.3) is 10.9 Å². The van der Waals surface area contributed by atoms with Gasteiger partial charge in [0.2, 0.25) is 0 Å². The summed E-state index contributed by atoms with van der Waals surface area (Å²) >= 11 is 0. The molecule has 0 aliphatic carbocycles. The summed E-state index contributed by atoms with van der Waals surface area (Å²) in [6.45, 7) is 3.55. The van der Waals surface area contributed by atoms with Crippen molar-refractivity contribution in [1.82, 2.24) is 4.57 Å². The highest BCUT2D eigenvalue weighted by molar-refractivity contribution is 5.83. The molecule has 0 radical (unpaired) electrons. The Kier molecular flexibility index (Phi) is 3.19. The van der Waals surface area contributed by atoms with Gasteiger partial charge in [-0.15, -0.1) is 0 Å². The summed E-state index contributed by atoms with van der Waals surface area (Å²) in [6, 6.07) is 5.30. The Labute approximate surface area is 105 Å². The zero-order valence-corrected chi connectivity index (χ0v) is 10.7. The Hall–Kier alpha value is -2.10. The molecule has 0 saturated heterocycles. The number of carbonyl (C=O) groups is 1. The van der Waals surface area contributed by atoms with E-state index in [2.05, 4.69) is 0 Å². The van der Waals surface area contributed by atoms with E-state index in [4.69, 9.17) is 4.74 Å². The zero-order valence-electron chi connectivity index (χ0n) is 10.7. The average molecular weight is 245 g/mol. The molecule has 0 atom stereocenters. The number of aryl methyl sites for hydroxylation is 1. The molecular formula is C14H15NO3. The number of hydrogen-bond acceptors (Lipinski definition) is 3. The number of methoxy groups -OCH3 is 1. The molecule has 0 N–H and O–H groups in total. The molecular weight excluding hydrogens is 230 g/mol. The number of ether oxygens (including phenoxy) is 1. The van der Waals surface area contributed by atoms with Crippen LogP contribution in [0, 0.1) is 6.92 Å². The zero-order chi connectivity index (χ0) is 13.3. The Morgan fingerprint density at radius 3 is 2.72 bits per heavy atom. The van der Waals surface area contributed by atoms with Crippen molar-refractivity contribution in [3.8, 4) is 5.75 Å². The Balaban J connectivity index is 2.77. The smallest absolute Gasteiger partial charge is 0.192 e. The molecule has 0 bridgehead atoms. The first-order valence-electron chi connectivity index (χ1n) is 5.70. The van der Waals surface area contributed by atoms with Gasteiger partial charge in [0.15, 0.2) is 5.43 Å². The molecule has 18 heavy (non-hydrogen) atoms. The van der Waals surface area contributed by atoms with Crippen LogP contribution in [0.4, 0.5) is 0 Å². The normalized spacial score (nSPS) is 10.6. The number of hydrogen-bond donors (Lipinski definition) is 0. The van der Waals surface area contributed by atoms with Crippen LogP contribution in [0.1, 0.15) is 12.5 Å². The van der Waals surface area contributed by atoms with Crippen molar-refractivity contribution in [2.75, 3.05) is 7.11 Å². The molecule has 0 amide bonds. The van der Waals surface area contributed by atoms with Crippen molar-refractivity contribution in [1.29, 1.82) is 0 Å². The third kappa shape index (κ3) is 2.14. The van der Waals surface area contributed by atoms with E-state index in [0.29, 0.717) is 16.7 Å². The van der Waals surface area contributed by atoms with Crippen LogP contribution in [0.5, 0.6) is 5.75 Å². The topological polar surface area (TPSA) is 48.3 Å². The number of benzene rings is 1. The third-order valence-corrected chi connectivity index (χ3v) is 2.86. The summed E-state index contributed by atoms with van der Waals surface area (Å²) < 4.78 is 6.92. The van der Waals surface area contributed by atoms with E-state index in [-0.39, 0.29) is 17.8 Å². The van der Waals surface area contributed by atoms with Crippen LogP contribution in [-0.4, -0.2) is 17.5 Å². The van der Waals surface area contributed by atoms with Gasteiger partial charge in [0.05, 0.1) is 19.2 Å². The molecule has 1 aromatic carbocycles. The molecule has 0 aliphatic rings. The lowest BCUT2D eigenvalue weighted by molar-refractivity contribution is -0.117. The minimum absolute atomic E-state index is 0.0243. The molecule has 4 heteroatoms. The maximum absolute atomic E-state index is 12.1. The van der Waals surface area contributed by atoms with Gasteiger partial charge in [-0.25, -0.2) is 0 Å². The summed E-state index contributed by atoms with van der Waals surface area (Å²) in [4.78, 5) is 23.3. The number of Topliss-reactive ketones (excluding diaryl/α,β-unsaturated/α-hetero) is 1. The monoisotopic (exact) mass is 245 g/mol. The lowest BCUT2D eigenvalue weighted by Gasteiger charge is -2.11. The summed E-state index contributed by atoms with van der Waals surface area (Å²) in [6.07, 6.45) is 1.72. The average Bonchev–Trinajstić information content (AvgIpc) is 2.34. The number of carbonyl (C=O) groups excluding carboxylic acids is 1. The fourth-order valence-corrected chi connectivity index (χ4v) is 2.02. The lowest BCUT2D eigenvalue weighted by Crippen LogP contribution is -2.15. The largest absolute Gasteiger partial charge is 0.497 e. The number of aromatic nitrogens is 1. The SMILES string of the molecule is COc1ccc2c(c1)c(=O)c(C)cn2CC(C)=O. The molecule has 1 aromatic heterocycles. The molecule has 4 nitrogen and oxygen atoms in total. The van der Waals surface area contributed by atoms with Gasteiger partial charge in [0.25, 0.3) is 0 Å². The van der Waals surface area contributed by atoms with Crippen molar-refractivity contribution in [2.45, 2.75) is 20.4 Å². The van der Waals surface area contributed by atoms with Gasteiger partial charge in [-0.2, -0.15) is 0 Å². The van der Waals surface area contributed by atoms with E-state index in [9.17, 15) is 9.59 Å². The predicted octanol–water partition coefficient (Wildman–Crippen LogP) is 1.91. The highest BCUT2D eigenvalue weighted by Gasteiger charge is 2.08. The van der Waals surface area contributed by atoms with E-state index in [1.165, 1.54) is 6.92 Å². The summed E-state index contributed by atoms with van der Waals surface area (Å²) in [5.41, 5.74) is 1.35. The second-order valence-electron chi connectivity index (χ2n) is 4.35. The molecule has 0 saturated carbocycles. The maximum atomic E-state index is 12.1. The minimum Gasteiger partial charge on any atom is -0.497 e. The van der Waals surface area contributed by atoms with E-state index in [0.717, 1.165) is 5.52 Å². The number of pyridine rings is 1. The van der Waals surface area contributed by atoms with Gasteiger partial charge in [0.1, 0.15) is 11.5 Å². The Morgan fingerprint density at radius 1 is 1.39 bits per heavy atom. The second kappa shape index (κ2) is 4.64. The minimum atomic E-state index is -0.0243. The fraction of sp³-hybridized carbons (Fsp3) is 0.286. The predicted molar refractivity (Wildman–Crippen MR) is 70.2 cm³/mol. The van der Waals surface area contributed by atoms with Crippen LogP contribution in [0.2, 0.25) is 0 Å². The van der Waals surface area contributed by atoms with Crippen LogP contribution < -0.4 is 10.2 Å². The van der Waals surface area contributed by atoms with Gasteiger partial charge >= 0.3 is 0 Å². The first kappa shape index (κ1) is 12.4. The van der Waals surface area contributed by atoms with Crippen molar-refractivity contribution in [3.05, 3.63) is 40.2 Å². The highest BCUT2D eigenvalue weighted by Crippen LogP contribution is 2.18. The van der Waals surface area contributed by atoms with E-state index >= 15 is 0 Å². The van der Waals surface area contributed by atoms with Crippen molar-refractivity contribution in [2.24, 2.45) is 0 Å². The second-order valence-corrected chi connectivity index (χ2v) is 4.35. The molecule has 1 heterocycles. The highest BCUT2D eigenvalue weighted by atomic mass is 16.5. The van der Waals surface area contributed by atoms with Gasteiger partial charge in [0, 0.05) is 17.1 Å². The van der Waals surface area contributed by atoms with Crippen LogP contribution in [0.3, 0.4) is 0 Å². The number of fused-ring (bicyclic) bond motifs is 1. The van der Waals surface area contributed by atoms with Crippen molar-refractivity contribution in [3.63, 3.8) is 0 Å². The van der Waals surface area contributed by atoms with Gasteiger partial charge in [-0.05, 0) is 32.0 Å². The lowest BCUT2D eigenvalue weighted by atomic mass is 10.1. The molecule has 94 valence electrons. The van der Waals surface area contributed by atoms with E-state index in [1.54, 1.807) is 43.0 Å². The van der Waals surface area contributed by atoms with Gasteiger partial charge in [-0.1, -0.05) is 0 Å². The van der Waals surface area contributed by atoms with Crippen LogP contribution in [-0.2, 0) is 11.3 Å². The van der Waals surface area contributed by atoms with E-state index < -0.39 is 0 Å². The van der Waals surface area contributed by atoms with Crippen LogP contribution >= 0.6 is 0 Å². The standard InChI is InChI=1S/C14H15NO3/c1-9-7-15(8-10(2)16)13-5-4-11(18-3)6-12(13)14(9)17/h4-7H,8H2,1-3H3. The summed E-state index contributed by atoms with van der Waals surface area (Å²) in [7, 11) is 1.56. The van der Waals surface area contributed by atoms with Crippen molar-refractivity contribution >= 4 is 16.7 Å². The van der Waals surface area contributed by atoms with Gasteiger partial charge in [-0.3, -0.25) is 9.59 Å². The van der Waals surface area contributed by atoms with Crippen LogP contribution in [0.15, 0.2) is 29.2 Å². The number of rotatable bonds is 3. The Morgan fingerprint density at radius 2 is 2.11 bits per heavy atom. The summed E-state index contributed by atoms with van der Waals surface area (Å²) in [5, 5.41) is 0.579. The Bertz CT molecular complexity index is 671. The maximum Gasteiger partial charge on any atom is 0.192 e. The third-order valence-electron chi connectivity index (χ3n) is 2.86. The van der Waals surface area contributed by atoms with Gasteiger partial charge < -0.3 is 9.30 Å². The first-order valence-corrected chi connectivity index (χ1v) is 5.70. The summed E-state index contributed by atoms with van der Waals surface area (Å²) in [5.74, 6) is 0.690. The van der Waals surface area contributed by atoms with E-state index in [1.807, 2.05) is 0 Å². The number of nitrogens with zero attached hydrogens (tertiary/aromatic N) is 1. The number of ketones is 1. The fourth-order valence-electron chi connectivity index (χ4n) is 2.02. The molecule has 0 spiro atoms. The first-order chi connectivity index (χ1) is 8.52. The van der Waals surface area contributed by atoms with Crippen molar-refractivity contribution < 1.29 is 9.53 Å². The quantitative estimate of drug-likeness (QED) is 0.829.